The first-order chi connectivity index (χ1) is 8.00. The van der Waals surface area contributed by atoms with Crippen molar-refractivity contribution < 1.29 is 9.90 Å². The molecule has 1 N–H and O–H groups in total. The van der Waals surface area contributed by atoms with Gasteiger partial charge in [-0.05, 0) is 23.7 Å². The van der Waals surface area contributed by atoms with E-state index in [0.29, 0.717) is 5.02 Å². The Hall–Kier alpha value is -1.59. The Labute approximate surface area is 105 Å². The fourth-order valence-electron chi connectivity index (χ4n) is 1.46. The van der Waals surface area contributed by atoms with Gasteiger partial charge in [0, 0.05) is 0 Å². The van der Waals surface area contributed by atoms with Crippen molar-refractivity contribution in [3.63, 3.8) is 0 Å². The summed E-state index contributed by atoms with van der Waals surface area (Å²) in [6.45, 7) is -0.535. The first kappa shape index (κ1) is 11.9. The van der Waals surface area contributed by atoms with Crippen LogP contribution in [-0.2, 0) is 11.3 Å². The third-order valence-corrected chi connectivity index (χ3v) is 2.78. The lowest BCUT2D eigenvalue weighted by Gasteiger charge is -2.07. The summed E-state index contributed by atoms with van der Waals surface area (Å²) < 4.78 is 0.878. The lowest BCUT2D eigenvalue weighted by Crippen LogP contribution is -2.25. The van der Waals surface area contributed by atoms with Gasteiger partial charge in [0.2, 0.25) is 5.28 Å². The molecule has 2 rings (SSSR count). The minimum atomic E-state index is -1.17. The minimum absolute atomic E-state index is 0.196. The highest BCUT2D eigenvalue weighted by molar-refractivity contribution is 6.35. The molecule has 0 spiro atoms. The molecule has 0 unspecified atom stereocenters. The van der Waals surface area contributed by atoms with Crippen LogP contribution in [0.15, 0.2) is 23.0 Å². The Kier molecular flexibility index (Phi) is 3.04. The molecule has 1 aromatic carbocycles. The maximum Gasteiger partial charge on any atom is 0.323 e. The fourth-order valence-corrected chi connectivity index (χ4v) is 1.89. The zero-order valence-corrected chi connectivity index (χ0v) is 9.87. The van der Waals surface area contributed by atoms with Crippen molar-refractivity contribution in [2.45, 2.75) is 6.54 Å². The SMILES string of the molecule is O=C(O)Cn1c(Cl)nc2c(Cl)cccc2c1=O. The Balaban J connectivity index is 2.81. The van der Waals surface area contributed by atoms with Gasteiger partial charge in [-0.15, -0.1) is 0 Å². The van der Waals surface area contributed by atoms with E-state index in [2.05, 4.69) is 4.98 Å². The number of nitrogens with zero attached hydrogens (tertiary/aromatic N) is 2. The van der Waals surface area contributed by atoms with Crippen molar-refractivity contribution in [3.05, 3.63) is 38.9 Å². The monoisotopic (exact) mass is 272 g/mol. The van der Waals surface area contributed by atoms with Gasteiger partial charge in [-0.25, -0.2) is 4.98 Å². The van der Waals surface area contributed by atoms with Crippen molar-refractivity contribution in [2.24, 2.45) is 0 Å². The second kappa shape index (κ2) is 4.35. The lowest BCUT2D eigenvalue weighted by molar-refractivity contribution is -0.137. The van der Waals surface area contributed by atoms with E-state index in [1.54, 1.807) is 12.1 Å². The van der Waals surface area contributed by atoms with Crippen molar-refractivity contribution in [2.75, 3.05) is 0 Å². The molecule has 2 aromatic rings. The molecule has 0 fully saturated rings. The maximum atomic E-state index is 12.0. The highest BCUT2D eigenvalue weighted by Crippen LogP contribution is 2.20. The van der Waals surface area contributed by atoms with Crippen LogP contribution in [0, 0.1) is 0 Å². The van der Waals surface area contributed by atoms with Gasteiger partial charge >= 0.3 is 5.97 Å². The molecule has 0 atom stereocenters. The summed E-state index contributed by atoms with van der Waals surface area (Å²) in [5.41, 5.74) is -0.254. The first-order valence-corrected chi connectivity index (χ1v) is 5.32. The Morgan fingerprint density at radius 2 is 2.12 bits per heavy atom. The summed E-state index contributed by atoms with van der Waals surface area (Å²) in [4.78, 5) is 26.5. The van der Waals surface area contributed by atoms with Crippen molar-refractivity contribution in [3.8, 4) is 0 Å². The molecule has 7 heteroatoms. The second-order valence-electron chi connectivity index (χ2n) is 3.30. The molecule has 0 radical (unpaired) electrons. The van der Waals surface area contributed by atoms with E-state index < -0.39 is 18.1 Å². The molecular formula is C10H6Cl2N2O3. The van der Waals surface area contributed by atoms with Gasteiger partial charge in [-0.2, -0.15) is 0 Å². The predicted octanol–water partition coefficient (Wildman–Crippen LogP) is 1.79. The van der Waals surface area contributed by atoms with Crippen LogP contribution in [0.3, 0.4) is 0 Å². The quantitative estimate of drug-likeness (QED) is 0.846. The molecule has 0 aliphatic heterocycles. The maximum absolute atomic E-state index is 12.0. The number of benzene rings is 1. The van der Waals surface area contributed by atoms with Crippen LogP contribution in [0.2, 0.25) is 10.3 Å². The van der Waals surface area contributed by atoms with Crippen LogP contribution >= 0.6 is 23.2 Å². The molecule has 0 amide bonds. The van der Waals surface area contributed by atoms with E-state index in [4.69, 9.17) is 28.3 Å². The van der Waals surface area contributed by atoms with Gasteiger partial charge in [0.1, 0.15) is 6.54 Å². The second-order valence-corrected chi connectivity index (χ2v) is 4.05. The Bertz CT molecular complexity index is 666. The molecule has 0 bridgehead atoms. The van der Waals surface area contributed by atoms with E-state index >= 15 is 0 Å². The van der Waals surface area contributed by atoms with Gasteiger partial charge in [0.05, 0.1) is 15.9 Å². The molecule has 17 heavy (non-hydrogen) atoms. The number of hydrogen-bond acceptors (Lipinski definition) is 3. The van der Waals surface area contributed by atoms with E-state index in [1.807, 2.05) is 0 Å². The number of aliphatic carboxylic acids is 1. The smallest absolute Gasteiger partial charge is 0.323 e. The highest BCUT2D eigenvalue weighted by atomic mass is 35.5. The molecule has 0 aliphatic carbocycles. The number of carboxylic acids is 1. The van der Waals surface area contributed by atoms with Gasteiger partial charge in [0.15, 0.2) is 0 Å². The van der Waals surface area contributed by atoms with Crippen LogP contribution in [0.4, 0.5) is 0 Å². The number of hydrogen-bond donors (Lipinski definition) is 1. The molecule has 0 saturated carbocycles. The average molecular weight is 273 g/mol. The third kappa shape index (κ3) is 2.11. The molecule has 5 nitrogen and oxygen atoms in total. The Morgan fingerprint density at radius 1 is 1.41 bits per heavy atom. The topological polar surface area (TPSA) is 72.2 Å². The van der Waals surface area contributed by atoms with Gasteiger partial charge in [-0.1, -0.05) is 17.7 Å². The summed E-state index contributed by atoms with van der Waals surface area (Å²) in [6, 6.07) is 4.69. The number of aromatic nitrogens is 2. The van der Waals surface area contributed by atoms with Gasteiger partial charge < -0.3 is 5.11 Å². The molecule has 1 aromatic heterocycles. The van der Waals surface area contributed by atoms with Crippen LogP contribution in [0.1, 0.15) is 0 Å². The zero-order chi connectivity index (χ0) is 12.6. The van der Waals surface area contributed by atoms with Crippen molar-refractivity contribution >= 4 is 40.1 Å². The normalized spacial score (nSPS) is 10.7. The van der Waals surface area contributed by atoms with E-state index in [-0.39, 0.29) is 16.2 Å². The van der Waals surface area contributed by atoms with Crippen LogP contribution < -0.4 is 5.56 Å². The van der Waals surface area contributed by atoms with Crippen molar-refractivity contribution in [1.29, 1.82) is 0 Å². The summed E-state index contributed by atoms with van der Waals surface area (Å²) in [7, 11) is 0. The van der Waals surface area contributed by atoms with Crippen LogP contribution in [0.5, 0.6) is 0 Å². The number of carbonyl (C=O) groups is 1. The van der Waals surface area contributed by atoms with E-state index in [0.717, 1.165) is 4.57 Å². The van der Waals surface area contributed by atoms with E-state index in [1.165, 1.54) is 6.07 Å². The summed E-state index contributed by atoms with van der Waals surface area (Å²) in [6.07, 6.45) is 0. The number of halogens is 2. The number of fused-ring (bicyclic) bond motifs is 1. The fraction of sp³-hybridized carbons (Fsp3) is 0.100. The lowest BCUT2D eigenvalue weighted by atomic mass is 10.2. The van der Waals surface area contributed by atoms with E-state index in [9.17, 15) is 9.59 Å². The average Bonchev–Trinajstić information content (AvgIpc) is 2.26. The molecule has 0 saturated heterocycles. The molecular weight excluding hydrogens is 267 g/mol. The summed E-state index contributed by atoms with van der Waals surface area (Å²) >= 11 is 11.6. The molecule has 88 valence electrons. The zero-order valence-electron chi connectivity index (χ0n) is 8.35. The van der Waals surface area contributed by atoms with Crippen molar-refractivity contribution in [1.82, 2.24) is 9.55 Å². The third-order valence-electron chi connectivity index (χ3n) is 2.18. The largest absolute Gasteiger partial charge is 0.480 e. The first-order valence-electron chi connectivity index (χ1n) is 4.57. The Morgan fingerprint density at radius 3 is 2.76 bits per heavy atom. The summed E-state index contributed by atoms with van der Waals surface area (Å²) in [5, 5.41) is 9.01. The van der Waals surface area contributed by atoms with Crippen LogP contribution in [-0.4, -0.2) is 20.6 Å². The standard InChI is InChI=1S/C10H6Cl2N2O3/c11-6-3-1-2-5-8(6)13-10(12)14(9(5)17)4-7(15)16/h1-3H,4H2,(H,15,16). The highest BCUT2D eigenvalue weighted by Gasteiger charge is 2.13. The number of para-hydroxylation sites is 1. The number of carboxylic acid groups (broad SMARTS) is 1. The number of rotatable bonds is 2. The van der Waals surface area contributed by atoms with Crippen LogP contribution in [0.25, 0.3) is 10.9 Å². The van der Waals surface area contributed by atoms with Gasteiger partial charge in [0.25, 0.3) is 5.56 Å². The summed E-state index contributed by atoms with van der Waals surface area (Å²) in [5.74, 6) is -1.17. The predicted molar refractivity (Wildman–Crippen MR) is 63.7 cm³/mol. The minimum Gasteiger partial charge on any atom is -0.480 e. The van der Waals surface area contributed by atoms with Gasteiger partial charge in [-0.3, -0.25) is 14.2 Å². The molecule has 0 aliphatic rings. The molecule has 1 heterocycles.